The van der Waals surface area contributed by atoms with Crippen LogP contribution in [0.4, 0.5) is 23.2 Å². The number of hydrogen-bond acceptors (Lipinski definition) is 4. The van der Waals surface area contributed by atoms with E-state index < -0.39 is 17.9 Å². The maximum absolute atomic E-state index is 13.3. The molecule has 0 aliphatic rings. The summed E-state index contributed by atoms with van der Waals surface area (Å²) < 4.78 is 54.3. The van der Waals surface area contributed by atoms with Gasteiger partial charge < -0.3 is 9.84 Å². The molecule has 1 aromatic heterocycles. The van der Waals surface area contributed by atoms with Crippen LogP contribution in [0, 0.1) is 5.82 Å². The van der Waals surface area contributed by atoms with Crippen molar-refractivity contribution >= 4 is 11.6 Å². The van der Waals surface area contributed by atoms with E-state index in [4.69, 9.17) is 0 Å². The number of nitrogens with one attached hydrogen (secondary N) is 1. The number of halogens is 4. The van der Waals surface area contributed by atoms with Crippen LogP contribution in [0.1, 0.15) is 37.4 Å². The third-order valence-electron chi connectivity index (χ3n) is 3.16. The molecule has 1 amide bonds. The minimum absolute atomic E-state index is 0.0156. The maximum atomic E-state index is 13.3. The number of aryl methyl sites for hydroxylation is 1. The molecule has 1 heterocycles. The lowest BCUT2D eigenvalue weighted by molar-refractivity contribution is -0.159. The fraction of sp³-hybridized carbons (Fsp3) is 0.400. The number of aromatic nitrogens is 2. The van der Waals surface area contributed by atoms with Crippen LogP contribution in [0.25, 0.3) is 0 Å². The van der Waals surface area contributed by atoms with Crippen LogP contribution in [0.15, 0.2) is 28.8 Å². The molecule has 0 aliphatic heterocycles. The highest BCUT2D eigenvalue weighted by Crippen LogP contribution is 2.27. The van der Waals surface area contributed by atoms with Crippen LogP contribution in [0.5, 0.6) is 0 Å². The van der Waals surface area contributed by atoms with Gasteiger partial charge in [-0.3, -0.25) is 4.79 Å². The van der Waals surface area contributed by atoms with Gasteiger partial charge in [-0.1, -0.05) is 23.7 Å². The predicted octanol–water partition coefficient (Wildman–Crippen LogP) is 3.97. The van der Waals surface area contributed by atoms with Crippen molar-refractivity contribution in [2.75, 3.05) is 5.32 Å². The van der Waals surface area contributed by atoms with Gasteiger partial charge in [0.05, 0.1) is 5.69 Å². The lowest BCUT2D eigenvalue weighted by Gasteiger charge is -2.05. The van der Waals surface area contributed by atoms with E-state index in [0.717, 1.165) is 0 Å². The number of benzene rings is 1. The molecule has 1 aromatic carbocycles. The molecule has 2 rings (SSSR count). The van der Waals surface area contributed by atoms with Gasteiger partial charge in [-0.05, 0) is 25.0 Å². The van der Waals surface area contributed by atoms with Crippen molar-refractivity contribution in [3.05, 3.63) is 41.8 Å². The standard InChI is InChI=1S/C15H15F4N3O2/c16-10-6-4-5-7-11(10)20-13(23)9-3-1-2-8-12-21-14(24-22-12)15(17,18)19/h4-7H,1-3,8-9H2,(H,20,23). The first-order valence-corrected chi connectivity index (χ1v) is 7.30. The Morgan fingerprint density at radius 3 is 2.58 bits per heavy atom. The summed E-state index contributed by atoms with van der Waals surface area (Å²) in [5, 5.41) is 5.71. The number of unbranched alkanes of at least 4 members (excludes halogenated alkanes) is 2. The molecular formula is C15H15F4N3O2. The first-order valence-electron chi connectivity index (χ1n) is 7.30. The van der Waals surface area contributed by atoms with Gasteiger partial charge in [0.25, 0.3) is 0 Å². The number of alkyl halides is 3. The Kier molecular flexibility index (Phi) is 5.88. The van der Waals surface area contributed by atoms with Crippen molar-refractivity contribution in [3.8, 4) is 0 Å². The van der Waals surface area contributed by atoms with Gasteiger partial charge in [0, 0.05) is 12.8 Å². The molecule has 0 saturated carbocycles. The number of anilines is 1. The van der Waals surface area contributed by atoms with Crippen LogP contribution in [-0.4, -0.2) is 16.0 Å². The number of carbonyl (C=O) groups excluding carboxylic acids is 1. The zero-order valence-corrected chi connectivity index (χ0v) is 12.6. The monoisotopic (exact) mass is 345 g/mol. The molecule has 5 nitrogen and oxygen atoms in total. The van der Waals surface area contributed by atoms with Gasteiger partial charge >= 0.3 is 12.1 Å². The van der Waals surface area contributed by atoms with Crippen molar-refractivity contribution in [1.29, 1.82) is 0 Å². The minimum atomic E-state index is -4.64. The molecule has 1 N–H and O–H groups in total. The Hall–Kier alpha value is -2.45. The Morgan fingerprint density at radius 1 is 1.17 bits per heavy atom. The van der Waals surface area contributed by atoms with Crippen LogP contribution in [0.3, 0.4) is 0 Å². The molecule has 2 aromatic rings. The SMILES string of the molecule is O=C(CCCCCc1noc(C(F)(F)F)n1)Nc1ccccc1F. The van der Waals surface area contributed by atoms with Crippen molar-refractivity contribution in [3.63, 3.8) is 0 Å². The summed E-state index contributed by atoms with van der Waals surface area (Å²) in [6.07, 6.45) is -2.59. The van der Waals surface area contributed by atoms with E-state index in [0.29, 0.717) is 19.3 Å². The largest absolute Gasteiger partial charge is 0.471 e. The summed E-state index contributed by atoms with van der Waals surface area (Å²) >= 11 is 0. The van der Waals surface area contributed by atoms with Gasteiger partial charge in [-0.25, -0.2) is 4.39 Å². The van der Waals surface area contributed by atoms with E-state index in [1.807, 2.05) is 0 Å². The Labute approximate surface area is 135 Å². The Balaban J connectivity index is 1.65. The highest BCUT2D eigenvalue weighted by Gasteiger charge is 2.38. The summed E-state index contributed by atoms with van der Waals surface area (Å²) in [7, 11) is 0. The highest BCUT2D eigenvalue weighted by molar-refractivity contribution is 5.90. The van der Waals surface area contributed by atoms with Crippen LogP contribution >= 0.6 is 0 Å². The molecule has 0 unspecified atom stereocenters. The molecule has 9 heteroatoms. The molecule has 0 fully saturated rings. The molecule has 0 radical (unpaired) electrons. The quantitative estimate of drug-likeness (QED) is 0.609. The van der Waals surface area contributed by atoms with E-state index in [1.54, 1.807) is 6.07 Å². The molecule has 0 bridgehead atoms. The maximum Gasteiger partial charge on any atom is 0.471 e. The molecule has 0 aliphatic carbocycles. The van der Waals surface area contributed by atoms with Crippen molar-refractivity contribution in [1.82, 2.24) is 10.1 Å². The number of nitrogens with zero attached hydrogens (tertiary/aromatic N) is 2. The summed E-state index contributed by atoms with van der Waals surface area (Å²) in [6.45, 7) is 0. The average molecular weight is 345 g/mol. The van der Waals surface area contributed by atoms with E-state index in [2.05, 4.69) is 20.0 Å². The number of carbonyl (C=O) groups is 1. The first-order chi connectivity index (χ1) is 11.4. The second kappa shape index (κ2) is 7.89. The zero-order valence-electron chi connectivity index (χ0n) is 12.6. The smallest absolute Gasteiger partial charge is 0.329 e. The van der Waals surface area contributed by atoms with Crippen molar-refractivity contribution in [2.24, 2.45) is 0 Å². The lowest BCUT2D eigenvalue weighted by atomic mass is 10.1. The fourth-order valence-electron chi connectivity index (χ4n) is 1.99. The lowest BCUT2D eigenvalue weighted by Crippen LogP contribution is -2.12. The Morgan fingerprint density at radius 2 is 1.92 bits per heavy atom. The number of para-hydroxylation sites is 1. The number of rotatable bonds is 7. The van der Waals surface area contributed by atoms with Gasteiger partial charge in [0.15, 0.2) is 5.82 Å². The third kappa shape index (κ3) is 5.32. The second-order valence-electron chi connectivity index (χ2n) is 5.10. The van der Waals surface area contributed by atoms with Gasteiger partial charge in [-0.15, -0.1) is 0 Å². The molecule has 0 saturated heterocycles. The second-order valence-corrected chi connectivity index (χ2v) is 5.10. The predicted molar refractivity (Wildman–Crippen MR) is 76.5 cm³/mol. The van der Waals surface area contributed by atoms with Crippen LogP contribution < -0.4 is 5.32 Å². The van der Waals surface area contributed by atoms with Gasteiger partial charge in [0.1, 0.15) is 5.82 Å². The topological polar surface area (TPSA) is 68.0 Å². The summed E-state index contributed by atoms with van der Waals surface area (Å²) in [5.41, 5.74) is 0.119. The van der Waals surface area contributed by atoms with Crippen LogP contribution in [-0.2, 0) is 17.4 Å². The Bertz CT molecular complexity index is 685. The summed E-state index contributed by atoms with van der Waals surface area (Å²) in [4.78, 5) is 14.9. The fourth-order valence-corrected chi connectivity index (χ4v) is 1.99. The van der Waals surface area contributed by atoms with Crippen molar-refractivity contribution < 1.29 is 26.9 Å². The minimum Gasteiger partial charge on any atom is -0.329 e. The molecule has 0 atom stereocenters. The van der Waals surface area contributed by atoms with E-state index >= 15 is 0 Å². The summed E-state index contributed by atoms with van der Waals surface area (Å²) in [6, 6.07) is 5.84. The van der Waals surface area contributed by atoms with Gasteiger partial charge in [0.2, 0.25) is 5.91 Å². The first kappa shape index (κ1) is 17.9. The van der Waals surface area contributed by atoms with E-state index in [9.17, 15) is 22.4 Å². The molecule has 130 valence electrons. The summed E-state index contributed by atoms with van der Waals surface area (Å²) in [5.74, 6) is -2.21. The molecule has 0 spiro atoms. The molecular weight excluding hydrogens is 330 g/mol. The van der Waals surface area contributed by atoms with Crippen molar-refractivity contribution in [2.45, 2.75) is 38.3 Å². The average Bonchev–Trinajstić information content (AvgIpc) is 2.98. The van der Waals surface area contributed by atoms with E-state index in [1.165, 1.54) is 18.2 Å². The van der Waals surface area contributed by atoms with Gasteiger partial charge in [-0.2, -0.15) is 18.2 Å². The van der Waals surface area contributed by atoms with E-state index in [-0.39, 0.29) is 30.3 Å². The third-order valence-corrected chi connectivity index (χ3v) is 3.16. The molecule has 24 heavy (non-hydrogen) atoms. The number of hydrogen-bond donors (Lipinski definition) is 1. The highest BCUT2D eigenvalue weighted by atomic mass is 19.4. The van der Waals surface area contributed by atoms with Crippen LogP contribution in [0.2, 0.25) is 0 Å². The number of amides is 1. The zero-order chi connectivity index (χ0) is 17.6. The normalized spacial score (nSPS) is 11.5.